The van der Waals surface area contributed by atoms with E-state index in [0.29, 0.717) is 5.69 Å². The first kappa shape index (κ1) is 10.3. The van der Waals surface area contributed by atoms with Gasteiger partial charge < -0.3 is 10.8 Å². The number of aliphatic hydroxyl groups excluding tert-OH is 1. The molecule has 13 heavy (non-hydrogen) atoms. The molecular weight excluding hydrogens is 184 g/mol. The highest BCUT2D eigenvalue weighted by Gasteiger charge is 2.18. The van der Waals surface area contributed by atoms with Gasteiger partial charge in [0.2, 0.25) is 0 Å². The second-order valence-electron chi connectivity index (χ2n) is 3.45. The zero-order chi connectivity index (χ0) is 9.90. The first-order valence-corrected chi connectivity index (χ1v) is 4.86. The summed E-state index contributed by atoms with van der Waals surface area (Å²) < 4.78 is -0.191. The number of nitrogens with zero attached hydrogens (tertiary/aromatic N) is 1. The standard InChI is InChI=1S/C9H14N2OS/c1-9(2,6-12)13-8-4-3-7(10)5-11-8/h3-5,12H,6,10H2,1-2H3. The number of nitrogens with two attached hydrogens (primary N) is 1. The molecule has 1 heterocycles. The molecule has 0 aromatic carbocycles. The third-order valence-corrected chi connectivity index (χ3v) is 2.65. The van der Waals surface area contributed by atoms with Crippen LogP contribution >= 0.6 is 11.8 Å². The van der Waals surface area contributed by atoms with E-state index >= 15 is 0 Å². The number of hydrogen-bond donors (Lipinski definition) is 2. The van der Waals surface area contributed by atoms with Crippen molar-refractivity contribution in [2.24, 2.45) is 0 Å². The van der Waals surface area contributed by atoms with E-state index in [9.17, 15) is 0 Å². The van der Waals surface area contributed by atoms with E-state index in [4.69, 9.17) is 10.8 Å². The predicted molar refractivity (Wildman–Crippen MR) is 55.7 cm³/mol. The largest absolute Gasteiger partial charge is 0.397 e. The van der Waals surface area contributed by atoms with Crippen molar-refractivity contribution in [2.75, 3.05) is 12.3 Å². The molecule has 72 valence electrons. The Bertz CT molecular complexity index is 271. The van der Waals surface area contributed by atoms with E-state index in [1.54, 1.807) is 6.20 Å². The second kappa shape index (κ2) is 3.98. The Morgan fingerprint density at radius 1 is 1.54 bits per heavy atom. The van der Waals surface area contributed by atoms with Crippen LogP contribution in [-0.4, -0.2) is 21.4 Å². The predicted octanol–water partition coefficient (Wildman–Crippen LogP) is 1.53. The molecule has 1 aromatic rings. The number of thioether (sulfide) groups is 1. The highest BCUT2D eigenvalue weighted by molar-refractivity contribution is 8.00. The van der Waals surface area contributed by atoms with E-state index in [1.807, 2.05) is 26.0 Å². The van der Waals surface area contributed by atoms with Crippen molar-refractivity contribution in [1.29, 1.82) is 0 Å². The first-order chi connectivity index (χ1) is 6.03. The smallest absolute Gasteiger partial charge is 0.0967 e. The van der Waals surface area contributed by atoms with Crippen LogP contribution in [0.4, 0.5) is 5.69 Å². The molecule has 0 atom stereocenters. The van der Waals surface area contributed by atoms with E-state index < -0.39 is 0 Å². The Kier molecular flexibility index (Phi) is 3.17. The summed E-state index contributed by atoms with van der Waals surface area (Å²) in [5, 5.41) is 9.92. The average molecular weight is 198 g/mol. The van der Waals surface area contributed by atoms with Crippen LogP contribution in [0.3, 0.4) is 0 Å². The minimum atomic E-state index is -0.191. The van der Waals surface area contributed by atoms with Crippen molar-refractivity contribution in [3.8, 4) is 0 Å². The van der Waals surface area contributed by atoms with Crippen LogP contribution in [-0.2, 0) is 0 Å². The molecule has 3 N–H and O–H groups in total. The highest BCUT2D eigenvalue weighted by atomic mass is 32.2. The van der Waals surface area contributed by atoms with Crippen molar-refractivity contribution in [1.82, 2.24) is 4.98 Å². The van der Waals surface area contributed by atoms with Crippen LogP contribution in [0.5, 0.6) is 0 Å². The zero-order valence-electron chi connectivity index (χ0n) is 7.82. The molecule has 0 aliphatic heterocycles. The van der Waals surface area contributed by atoms with E-state index in [0.717, 1.165) is 5.03 Å². The lowest BCUT2D eigenvalue weighted by Crippen LogP contribution is -2.19. The van der Waals surface area contributed by atoms with E-state index in [1.165, 1.54) is 11.8 Å². The lowest BCUT2D eigenvalue weighted by atomic mass is 10.2. The maximum Gasteiger partial charge on any atom is 0.0967 e. The molecule has 1 rings (SSSR count). The molecule has 4 heteroatoms. The number of aromatic nitrogens is 1. The summed E-state index contributed by atoms with van der Waals surface area (Å²) in [7, 11) is 0. The molecule has 0 saturated carbocycles. The Morgan fingerprint density at radius 2 is 2.23 bits per heavy atom. The van der Waals surface area contributed by atoms with Gasteiger partial charge in [-0.25, -0.2) is 4.98 Å². The summed E-state index contributed by atoms with van der Waals surface area (Å²) >= 11 is 1.54. The molecule has 0 fully saturated rings. The van der Waals surface area contributed by atoms with Gasteiger partial charge in [0, 0.05) is 4.75 Å². The van der Waals surface area contributed by atoms with Gasteiger partial charge in [-0.05, 0) is 26.0 Å². The summed E-state index contributed by atoms with van der Waals surface area (Å²) in [5.41, 5.74) is 6.16. The zero-order valence-corrected chi connectivity index (χ0v) is 8.64. The average Bonchev–Trinajstić information content (AvgIpc) is 2.09. The van der Waals surface area contributed by atoms with Gasteiger partial charge >= 0.3 is 0 Å². The summed E-state index contributed by atoms with van der Waals surface area (Å²) in [6, 6.07) is 3.67. The van der Waals surface area contributed by atoms with Crippen molar-refractivity contribution < 1.29 is 5.11 Å². The maximum absolute atomic E-state index is 9.04. The van der Waals surface area contributed by atoms with Gasteiger partial charge in [-0.3, -0.25) is 0 Å². The molecule has 0 spiro atoms. The quantitative estimate of drug-likeness (QED) is 0.723. The molecule has 3 nitrogen and oxygen atoms in total. The van der Waals surface area contributed by atoms with Crippen molar-refractivity contribution >= 4 is 17.4 Å². The molecule has 0 radical (unpaired) electrons. The summed E-state index contributed by atoms with van der Waals surface area (Å²) in [4.78, 5) is 4.14. The summed E-state index contributed by atoms with van der Waals surface area (Å²) in [5.74, 6) is 0. The number of rotatable bonds is 3. The summed E-state index contributed by atoms with van der Waals surface area (Å²) in [6.45, 7) is 4.06. The Balaban J connectivity index is 2.69. The third-order valence-electron chi connectivity index (χ3n) is 1.52. The molecule has 0 aliphatic carbocycles. The number of hydrogen-bond acceptors (Lipinski definition) is 4. The molecule has 0 saturated heterocycles. The van der Waals surface area contributed by atoms with Gasteiger partial charge in [0.25, 0.3) is 0 Å². The number of aliphatic hydroxyl groups is 1. The Hall–Kier alpha value is -0.740. The van der Waals surface area contributed by atoms with Crippen LogP contribution in [0, 0.1) is 0 Å². The van der Waals surface area contributed by atoms with Gasteiger partial charge in [0.15, 0.2) is 0 Å². The van der Waals surface area contributed by atoms with E-state index in [2.05, 4.69) is 4.98 Å². The van der Waals surface area contributed by atoms with Crippen LogP contribution in [0.15, 0.2) is 23.4 Å². The maximum atomic E-state index is 9.04. The van der Waals surface area contributed by atoms with Crippen LogP contribution in [0.25, 0.3) is 0 Å². The lowest BCUT2D eigenvalue weighted by molar-refractivity contribution is 0.265. The minimum absolute atomic E-state index is 0.129. The Labute approximate surface area is 82.4 Å². The van der Waals surface area contributed by atoms with Crippen LogP contribution in [0.1, 0.15) is 13.8 Å². The molecule has 0 bridgehead atoms. The monoisotopic (exact) mass is 198 g/mol. The van der Waals surface area contributed by atoms with Crippen molar-refractivity contribution in [3.05, 3.63) is 18.3 Å². The van der Waals surface area contributed by atoms with Gasteiger partial charge in [-0.1, -0.05) is 11.8 Å². The van der Waals surface area contributed by atoms with Crippen LogP contribution < -0.4 is 5.73 Å². The van der Waals surface area contributed by atoms with Crippen molar-refractivity contribution in [3.63, 3.8) is 0 Å². The van der Waals surface area contributed by atoms with Gasteiger partial charge in [-0.2, -0.15) is 0 Å². The summed E-state index contributed by atoms with van der Waals surface area (Å²) in [6.07, 6.45) is 1.62. The number of pyridine rings is 1. The molecule has 1 aromatic heterocycles. The molecule has 0 aliphatic rings. The number of nitrogen functional groups attached to an aromatic ring is 1. The van der Waals surface area contributed by atoms with Crippen LogP contribution in [0.2, 0.25) is 0 Å². The Morgan fingerprint density at radius 3 is 2.69 bits per heavy atom. The van der Waals surface area contributed by atoms with Gasteiger partial charge in [0.05, 0.1) is 23.5 Å². The molecule has 0 amide bonds. The molecule has 0 unspecified atom stereocenters. The topological polar surface area (TPSA) is 59.1 Å². The normalized spacial score (nSPS) is 11.6. The fourth-order valence-corrected chi connectivity index (χ4v) is 1.64. The highest BCUT2D eigenvalue weighted by Crippen LogP contribution is 2.30. The SMILES string of the molecule is CC(C)(CO)Sc1ccc(N)cn1. The van der Waals surface area contributed by atoms with Crippen molar-refractivity contribution in [2.45, 2.75) is 23.6 Å². The fourth-order valence-electron chi connectivity index (χ4n) is 0.767. The lowest BCUT2D eigenvalue weighted by Gasteiger charge is -2.19. The number of anilines is 1. The third kappa shape index (κ3) is 3.24. The fraction of sp³-hybridized carbons (Fsp3) is 0.444. The minimum Gasteiger partial charge on any atom is -0.397 e. The van der Waals surface area contributed by atoms with Gasteiger partial charge in [0.1, 0.15) is 0 Å². The first-order valence-electron chi connectivity index (χ1n) is 4.05. The second-order valence-corrected chi connectivity index (χ2v) is 5.18. The molecular formula is C9H14N2OS. The van der Waals surface area contributed by atoms with Gasteiger partial charge in [-0.15, -0.1) is 0 Å². The van der Waals surface area contributed by atoms with E-state index in [-0.39, 0.29) is 11.4 Å².